The second-order valence-corrected chi connectivity index (χ2v) is 29.6. The van der Waals surface area contributed by atoms with E-state index in [0.29, 0.717) is 28.8 Å². The summed E-state index contributed by atoms with van der Waals surface area (Å²) in [5, 5.41) is 12.0. The standard InChI is InChI=1S/C38H76O4Si2/c1-27(40-24-23-35(2,3)4)30-20-21-31-29(17-16-22-38(30,31)11)19-18-28-25-32(41-43(12,13)36(5,6)7)34(39)33(26-28)42-44(14,15)37(8,9)10/h27-34,39H,16-26H2,1-15H3/t27-,28?,29?,30?,31?,32-,33-,34?,38?/m1/s1. The van der Waals surface area contributed by atoms with Gasteiger partial charge in [-0.15, -0.1) is 0 Å². The number of ether oxygens (including phenoxy) is 1. The van der Waals surface area contributed by atoms with Crippen molar-refractivity contribution in [3.05, 3.63) is 0 Å². The van der Waals surface area contributed by atoms with Gasteiger partial charge in [-0.2, -0.15) is 0 Å². The van der Waals surface area contributed by atoms with Crippen LogP contribution < -0.4 is 0 Å². The summed E-state index contributed by atoms with van der Waals surface area (Å²) in [7, 11) is -4.05. The Morgan fingerprint density at radius 3 is 1.80 bits per heavy atom. The van der Waals surface area contributed by atoms with Gasteiger partial charge in [0.2, 0.25) is 0 Å². The van der Waals surface area contributed by atoms with Crippen molar-refractivity contribution in [2.45, 2.75) is 201 Å². The Morgan fingerprint density at radius 2 is 1.32 bits per heavy atom. The van der Waals surface area contributed by atoms with Crippen LogP contribution in [0.1, 0.15) is 140 Å². The molecule has 3 aliphatic rings. The first-order valence-corrected chi connectivity index (χ1v) is 24.3. The maximum atomic E-state index is 11.7. The molecule has 44 heavy (non-hydrogen) atoms. The van der Waals surface area contributed by atoms with Crippen LogP contribution in [0, 0.1) is 34.5 Å². The number of aliphatic hydroxyl groups excluding tert-OH is 1. The van der Waals surface area contributed by atoms with E-state index < -0.39 is 22.7 Å². The van der Waals surface area contributed by atoms with Crippen molar-refractivity contribution in [1.29, 1.82) is 0 Å². The van der Waals surface area contributed by atoms with Gasteiger partial charge in [-0.1, -0.05) is 82.1 Å². The van der Waals surface area contributed by atoms with Crippen molar-refractivity contribution in [1.82, 2.24) is 0 Å². The van der Waals surface area contributed by atoms with Gasteiger partial charge in [-0.3, -0.25) is 0 Å². The fourth-order valence-electron chi connectivity index (χ4n) is 8.47. The van der Waals surface area contributed by atoms with Crippen molar-refractivity contribution in [2.75, 3.05) is 6.61 Å². The molecule has 260 valence electrons. The molecule has 0 aromatic heterocycles. The molecule has 3 rings (SSSR count). The zero-order valence-electron chi connectivity index (χ0n) is 32.1. The quantitative estimate of drug-likeness (QED) is 0.226. The zero-order chi connectivity index (χ0) is 33.5. The Hall–Kier alpha value is 0.274. The van der Waals surface area contributed by atoms with Crippen LogP contribution in [0.5, 0.6) is 0 Å². The highest BCUT2D eigenvalue weighted by atomic mass is 28.4. The van der Waals surface area contributed by atoms with E-state index in [1.165, 1.54) is 44.9 Å². The lowest BCUT2D eigenvalue weighted by Gasteiger charge is -2.49. The molecule has 0 aliphatic heterocycles. The summed E-state index contributed by atoms with van der Waals surface area (Å²) in [6.45, 7) is 36.0. The number of rotatable bonds is 11. The summed E-state index contributed by atoms with van der Waals surface area (Å²) >= 11 is 0. The Morgan fingerprint density at radius 1 is 0.795 bits per heavy atom. The third-order valence-electron chi connectivity index (χ3n) is 13.5. The van der Waals surface area contributed by atoms with E-state index >= 15 is 0 Å². The van der Waals surface area contributed by atoms with Gasteiger partial charge >= 0.3 is 0 Å². The highest BCUT2D eigenvalue weighted by Crippen LogP contribution is 2.60. The van der Waals surface area contributed by atoms with Crippen LogP contribution >= 0.6 is 0 Å². The van der Waals surface area contributed by atoms with Crippen molar-refractivity contribution in [3.8, 4) is 0 Å². The van der Waals surface area contributed by atoms with E-state index in [2.05, 4.69) is 102 Å². The zero-order valence-corrected chi connectivity index (χ0v) is 34.1. The highest BCUT2D eigenvalue weighted by Gasteiger charge is 2.53. The van der Waals surface area contributed by atoms with E-state index in [1.807, 2.05) is 0 Å². The van der Waals surface area contributed by atoms with E-state index in [1.54, 1.807) is 0 Å². The van der Waals surface area contributed by atoms with Crippen LogP contribution in [0.3, 0.4) is 0 Å². The monoisotopic (exact) mass is 653 g/mol. The van der Waals surface area contributed by atoms with Gasteiger partial charge in [-0.25, -0.2) is 0 Å². The fourth-order valence-corrected chi connectivity index (χ4v) is 11.2. The summed E-state index contributed by atoms with van der Waals surface area (Å²) in [4.78, 5) is 0. The molecular formula is C38H76O4Si2. The molecule has 0 radical (unpaired) electrons. The van der Waals surface area contributed by atoms with Crippen LogP contribution in [0.4, 0.5) is 0 Å². The maximum Gasteiger partial charge on any atom is 0.192 e. The third kappa shape index (κ3) is 9.24. The van der Waals surface area contributed by atoms with Crippen molar-refractivity contribution >= 4 is 16.6 Å². The minimum absolute atomic E-state index is 0.120. The molecule has 0 amide bonds. The van der Waals surface area contributed by atoms with Gasteiger partial charge in [0.1, 0.15) is 6.10 Å². The van der Waals surface area contributed by atoms with E-state index in [9.17, 15) is 5.11 Å². The normalized spacial score (nSPS) is 35.0. The molecule has 0 heterocycles. The van der Waals surface area contributed by atoms with E-state index in [0.717, 1.165) is 37.7 Å². The molecule has 4 unspecified atom stereocenters. The number of hydrogen-bond donors (Lipinski definition) is 1. The Balaban J connectivity index is 1.71. The van der Waals surface area contributed by atoms with Crippen molar-refractivity contribution in [2.24, 2.45) is 34.5 Å². The lowest BCUT2D eigenvalue weighted by molar-refractivity contribution is -0.0914. The predicted molar refractivity (Wildman–Crippen MR) is 193 cm³/mol. The van der Waals surface area contributed by atoms with Crippen LogP contribution in [-0.4, -0.2) is 52.8 Å². The van der Waals surface area contributed by atoms with Gasteiger partial charge in [0.05, 0.1) is 18.3 Å². The average molecular weight is 653 g/mol. The molecule has 4 nitrogen and oxygen atoms in total. The van der Waals surface area contributed by atoms with Crippen LogP contribution in [0.2, 0.25) is 36.3 Å². The minimum atomic E-state index is -2.03. The third-order valence-corrected chi connectivity index (χ3v) is 22.5. The summed E-state index contributed by atoms with van der Waals surface area (Å²) in [5.41, 5.74) is 0.741. The number of hydrogen-bond acceptors (Lipinski definition) is 4. The van der Waals surface area contributed by atoms with Crippen LogP contribution in [-0.2, 0) is 13.6 Å². The lowest BCUT2D eigenvalue weighted by atomic mass is 9.59. The molecule has 3 aliphatic carbocycles. The van der Waals surface area contributed by atoms with Crippen LogP contribution in [0.25, 0.3) is 0 Å². The molecule has 3 fully saturated rings. The molecule has 0 spiro atoms. The lowest BCUT2D eigenvalue weighted by Crippen LogP contribution is -2.56. The molecule has 6 heteroatoms. The second-order valence-electron chi connectivity index (χ2n) is 20.1. The molecule has 0 aromatic rings. The Labute approximate surface area is 276 Å². The van der Waals surface area contributed by atoms with Crippen molar-refractivity contribution in [3.63, 3.8) is 0 Å². The fraction of sp³-hybridized carbons (Fsp3) is 1.00. The highest BCUT2D eigenvalue weighted by molar-refractivity contribution is 6.74. The van der Waals surface area contributed by atoms with Gasteiger partial charge in [-0.05, 0) is 129 Å². The summed E-state index contributed by atoms with van der Waals surface area (Å²) in [6.07, 6.45) is 12.0. The smallest absolute Gasteiger partial charge is 0.192 e. The number of fused-ring (bicyclic) bond motifs is 1. The predicted octanol–water partition coefficient (Wildman–Crippen LogP) is 11.0. The molecule has 7 atom stereocenters. The van der Waals surface area contributed by atoms with Crippen molar-refractivity contribution < 1.29 is 18.7 Å². The molecular weight excluding hydrogens is 577 g/mol. The topological polar surface area (TPSA) is 47.9 Å². The largest absolute Gasteiger partial charge is 0.411 e. The average Bonchev–Trinajstić information content (AvgIpc) is 3.20. The SMILES string of the molecule is C[C@@H](OCCC(C)(C)C)C1CCC2C(CCC3C[C@@H](O[Si](C)(C)C(C)(C)C)C(O)[C@H](O[Si](C)(C)C(C)(C)C)C3)CCCC21C. The molecule has 3 saturated carbocycles. The molecule has 0 bridgehead atoms. The number of aliphatic hydroxyl groups is 1. The summed E-state index contributed by atoms with van der Waals surface area (Å²) in [6, 6.07) is 0. The molecule has 1 N–H and O–H groups in total. The van der Waals surface area contributed by atoms with Gasteiger partial charge < -0.3 is 18.7 Å². The maximum absolute atomic E-state index is 11.7. The Kier molecular flexibility index (Phi) is 12.3. The van der Waals surface area contributed by atoms with Crippen LogP contribution in [0.15, 0.2) is 0 Å². The summed E-state index contributed by atoms with van der Waals surface area (Å²) < 4.78 is 20.5. The first-order valence-electron chi connectivity index (χ1n) is 18.5. The van der Waals surface area contributed by atoms with Gasteiger partial charge in [0.25, 0.3) is 0 Å². The molecule has 0 aromatic carbocycles. The first-order chi connectivity index (χ1) is 19.9. The Bertz CT molecular complexity index is 875. The minimum Gasteiger partial charge on any atom is -0.411 e. The second kappa shape index (κ2) is 14.0. The van der Waals surface area contributed by atoms with Gasteiger partial charge in [0.15, 0.2) is 16.6 Å². The van der Waals surface area contributed by atoms with E-state index in [4.69, 9.17) is 13.6 Å². The van der Waals surface area contributed by atoms with E-state index in [-0.39, 0.29) is 22.3 Å². The van der Waals surface area contributed by atoms with Gasteiger partial charge in [0, 0.05) is 6.61 Å². The molecule has 0 saturated heterocycles. The first kappa shape index (κ1) is 38.7. The summed E-state index contributed by atoms with van der Waals surface area (Å²) in [5.74, 6) is 2.87.